The average molecular weight is 364 g/mol. The number of hydrogen-bond acceptors (Lipinski definition) is 5. The molecule has 1 saturated heterocycles. The van der Waals surface area contributed by atoms with Crippen molar-refractivity contribution in [3.05, 3.63) is 39.2 Å². The number of carboxylic acid groups (broad SMARTS) is 1. The van der Waals surface area contributed by atoms with Crippen LogP contribution in [0.2, 0.25) is 0 Å². The Morgan fingerprint density at radius 2 is 2.33 bits per heavy atom. The molecule has 0 saturated carbocycles. The minimum absolute atomic E-state index is 0.183. The lowest BCUT2D eigenvalue weighted by molar-refractivity contribution is -0.150. The first-order valence-electron chi connectivity index (χ1n) is 6.93. The normalized spacial score (nSPS) is 22.3. The molecule has 124 valence electrons. The van der Waals surface area contributed by atoms with E-state index in [0.717, 1.165) is 16.0 Å². The first kappa shape index (κ1) is 16.4. The fourth-order valence-electron chi connectivity index (χ4n) is 2.61. The Morgan fingerprint density at radius 1 is 1.54 bits per heavy atom. The van der Waals surface area contributed by atoms with Gasteiger partial charge in [-0.15, -0.1) is 23.1 Å². The zero-order valence-corrected chi connectivity index (χ0v) is 13.8. The summed E-state index contributed by atoms with van der Waals surface area (Å²) in [6, 6.07) is 2.93. The monoisotopic (exact) mass is 364 g/mol. The molecule has 24 heavy (non-hydrogen) atoms. The molecule has 3 heterocycles. The molecule has 1 fully saturated rings. The highest BCUT2D eigenvalue weighted by atomic mass is 32.2. The third-order valence-corrected chi connectivity index (χ3v) is 5.82. The van der Waals surface area contributed by atoms with E-state index in [4.69, 9.17) is 5.53 Å². The van der Waals surface area contributed by atoms with E-state index in [2.05, 4.69) is 10.1 Å². The highest BCUT2D eigenvalue weighted by molar-refractivity contribution is 8.00. The Balaban J connectivity index is 1.73. The maximum absolute atomic E-state index is 12.3. The topological polar surface area (TPSA) is 123 Å². The molecule has 1 aromatic rings. The van der Waals surface area contributed by atoms with Gasteiger partial charge in [0.25, 0.3) is 12.1 Å². The Kier molecular flexibility index (Phi) is 4.52. The maximum atomic E-state index is 12.3. The van der Waals surface area contributed by atoms with Gasteiger partial charge in [0, 0.05) is 10.6 Å². The number of carbonyl (C=O) groups excluding carboxylic acids is 2. The van der Waals surface area contributed by atoms with Gasteiger partial charge in [-0.3, -0.25) is 14.5 Å². The second-order valence-corrected chi connectivity index (χ2v) is 7.27. The fraction of sp³-hybridized carbons (Fsp3) is 0.286. The molecule has 0 bridgehead atoms. The minimum atomic E-state index is -1.27. The smallest absolute Gasteiger partial charge is 0.353 e. The van der Waals surface area contributed by atoms with Crippen LogP contribution in [-0.2, 0) is 20.8 Å². The van der Waals surface area contributed by atoms with Crippen LogP contribution in [-0.4, -0.2) is 56.0 Å². The summed E-state index contributed by atoms with van der Waals surface area (Å²) in [6.07, 6.45) is 1.20. The Hall–Kier alpha value is -2.42. The van der Waals surface area contributed by atoms with Crippen molar-refractivity contribution in [2.45, 2.75) is 17.8 Å². The van der Waals surface area contributed by atoms with Crippen molar-refractivity contribution in [1.82, 2.24) is 10.2 Å². The van der Waals surface area contributed by atoms with E-state index in [1.165, 1.54) is 23.1 Å². The van der Waals surface area contributed by atoms with Crippen LogP contribution in [0.1, 0.15) is 4.88 Å². The van der Waals surface area contributed by atoms with Crippen molar-refractivity contribution in [3.63, 3.8) is 0 Å². The number of carbonyl (C=O) groups is 3. The van der Waals surface area contributed by atoms with E-state index in [1.54, 1.807) is 0 Å². The van der Waals surface area contributed by atoms with Crippen LogP contribution in [0.15, 0.2) is 28.8 Å². The molecule has 2 N–H and O–H groups in total. The van der Waals surface area contributed by atoms with Crippen molar-refractivity contribution < 1.29 is 24.3 Å². The summed E-state index contributed by atoms with van der Waals surface area (Å²) in [5.41, 5.74) is 8.67. The van der Waals surface area contributed by atoms with Crippen molar-refractivity contribution in [3.8, 4) is 0 Å². The molecule has 8 nitrogen and oxygen atoms in total. The molecular formula is C14H12N4O4S2. The predicted octanol–water partition coefficient (Wildman–Crippen LogP) is 0.330. The van der Waals surface area contributed by atoms with Gasteiger partial charge in [0.15, 0.2) is 0 Å². The van der Waals surface area contributed by atoms with Crippen LogP contribution >= 0.6 is 23.1 Å². The molecule has 0 radical (unpaired) electrons. The summed E-state index contributed by atoms with van der Waals surface area (Å²) in [5, 5.41) is 13.4. The maximum Gasteiger partial charge on any atom is 0.353 e. The molecule has 0 spiro atoms. The molecular weight excluding hydrogens is 352 g/mol. The predicted molar refractivity (Wildman–Crippen MR) is 87.4 cm³/mol. The van der Waals surface area contributed by atoms with Crippen LogP contribution in [0.4, 0.5) is 0 Å². The lowest BCUT2D eigenvalue weighted by atomic mass is 10.0. The van der Waals surface area contributed by atoms with Gasteiger partial charge in [0.2, 0.25) is 5.91 Å². The highest BCUT2D eigenvalue weighted by Crippen LogP contribution is 2.39. The second kappa shape index (κ2) is 6.60. The second-order valence-electron chi connectivity index (χ2n) is 5.13. The first-order chi connectivity index (χ1) is 11.5. The van der Waals surface area contributed by atoms with E-state index in [0.29, 0.717) is 0 Å². The van der Waals surface area contributed by atoms with E-state index >= 15 is 0 Å². The van der Waals surface area contributed by atoms with E-state index in [-0.39, 0.29) is 29.4 Å². The van der Waals surface area contributed by atoms with Crippen molar-refractivity contribution >= 4 is 47.1 Å². The SMILES string of the molecule is [N-]=[N+]=CC1=C(C(=O)O)N2C(=O)[C@@H](NC(=O)Cc3cccs3)[C@H]2SC1. The number of thioether (sulfide) groups is 1. The summed E-state index contributed by atoms with van der Waals surface area (Å²) < 4.78 is 0. The van der Waals surface area contributed by atoms with Gasteiger partial charge < -0.3 is 16.0 Å². The standard InChI is InChI=1S/C14H12N4O4S2/c15-16-5-7-6-24-13-10(12(20)18(13)11(7)14(21)22)17-9(19)4-8-2-1-3-23-8/h1-3,5,10,13H,4,6H2,(H,17,19)(H,21,22)/t10-,13-/m1/s1. The van der Waals surface area contributed by atoms with Crippen LogP contribution in [0.3, 0.4) is 0 Å². The summed E-state index contributed by atoms with van der Waals surface area (Å²) in [6.45, 7) is 0. The molecule has 3 rings (SSSR count). The summed E-state index contributed by atoms with van der Waals surface area (Å²) in [4.78, 5) is 40.6. The van der Waals surface area contributed by atoms with Gasteiger partial charge in [0.05, 0.1) is 12.0 Å². The number of aliphatic carboxylic acids is 1. The number of fused-ring (bicyclic) bond motifs is 1. The van der Waals surface area contributed by atoms with Crippen molar-refractivity contribution in [2.75, 3.05) is 5.75 Å². The number of nitrogens with one attached hydrogen (secondary N) is 1. The molecule has 1 aromatic heterocycles. The lowest BCUT2D eigenvalue weighted by Gasteiger charge is -2.48. The summed E-state index contributed by atoms with van der Waals surface area (Å²) in [5.74, 6) is -1.75. The number of hydrogen-bond donors (Lipinski definition) is 2. The summed E-state index contributed by atoms with van der Waals surface area (Å²) >= 11 is 2.77. The molecule has 10 heteroatoms. The zero-order chi connectivity index (χ0) is 17.3. The van der Waals surface area contributed by atoms with Gasteiger partial charge >= 0.3 is 5.97 Å². The Labute approximate surface area is 144 Å². The number of amides is 2. The quantitative estimate of drug-likeness (QED) is 0.337. The number of carboxylic acids is 1. The Bertz CT molecular complexity index is 783. The molecule has 2 aliphatic rings. The fourth-order valence-corrected chi connectivity index (χ4v) is 4.61. The third-order valence-electron chi connectivity index (χ3n) is 3.65. The molecule has 0 unspecified atom stereocenters. The molecule has 0 aromatic carbocycles. The third kappa shape index (κ3) is 2.86. The van der Waals surface area contributed by atoms with Crippen LogP contribution < -0.4 is 5.32 Å². The van der Waals surface area contributed by atoms with Crippen molar-refractivity contribution in [1.29, 1.82) is 0 Å². The molecule has 2 atom stereocenters. The van der Waals surface area contributed by atoms with Gasteiger partial charge in [-0.05, 0) is 11.4 Å². The highest BCUT2D eigenvalue weighted by Gasteiger charge is 2.54. The minimum Gasteiger partial charge on any atom is -0.477 e. The lowest BCUT2D eigenvalue weighted by Crippen LogP contribution is -2.70. The van der Waals surface area contributed by atoms with Crippen LogP contribution in [0.25, 0.3) is 5.53 Å². The summed E-state index contributed by atoms with van der Waals surface area (Å²) in [7, 11) is 0. The molecule has 2 aliphatic heterocycles. The van der Waals surface area contributed by atoms with Crippen molar-refractivity contribution in [2.24, 2.45) is 0 Å². The van der Waals surface area contributed by atoms with Gasteiger partial charge in [0.1, 0.15) is 17.1 Å². The van der Waals surface area contributed by atoms with E-state index in [9.17, 15) is 19.5 Å². The number of nitrogens with zero attached hydrogens (tertiary/aromatic N) is 3. The van der Waals surface area contributed by atoms with Crippen LogP contribution in [0, 0.1) is 0 Å². The largest absolute Gasteiger partial charge is 0.477 e. The average Bonchev–Trinajstić information content (AvgIpc) is 3.05. The number of thiophene rings is 1. The van der Waals surface area contributed by atoms with Gasteiger partial charge in [-0.2, -0.15) is 4.79 Å². The van der Waals surface area contributed by atoms with Gasteiger partial charge in [-0.25, -0.2) is 4.79 Å². The van der Waals surface area contributed by atoms with Crippen LogP contribution in [0.5, 0.6) is 0 Å². The molecule has 2 amide bonds. The molecule has 0 aliphatic carbocycles. The Morgan fingerprint density at radius 3 is 2.96 bits per heavy atom. The number of rotatable bonds is 5. The first-order valence-corrected chi connectivity index (χ1v) is 8.86. The van der Waals surface area contributed by atoms with E-state index in [1.807, 2.05) is 17.5 Å². The van der Waals surface area contributed by atoms with E-state index < -0.39 is 23.3 Å². The number of β-lactam (4-membered cyclic amide) rings is 1. The van der Waals surface area contributed by atoms with Gasteiger partial charge in [-0.1, -0.05) is 6.07 Å². The zero-order valence-electron chi connectivity index (χ0n) is 12.2.